The quantitative estimate of drug-likeness (QED) is 0.356. The molecule has 2 aromatic heterocycles. The van der Waals surface area contributed by atoms with Gasteiger partial charge in [-0.2, -0.15) is 5.10 Å². The molecule has 1 amide bonds. The number of nitrogens with zero attached hydrogens (tertiary/aromatic N) is 5. The van der Waals surface area contributed by atoms with E-state index >= 15 is 0 Å². The van der Waals surface area contributed by atoms with Gasteiger partial charge in [0.2, 0.25) is 0 Å². The maximum Gasteiger partial charge on any atom is 0.256 e. The molecule has 1 N–H and O–H groups in total. The monoisotopic (exact) mass is 554 g/mol. The van der Waals surface area contributed by atoms with Gasteiger partial charge in [-0.15, -0.1) is 0 Å². The number of halogens is 1. The Labute approximate surface area is 223 Å². The van der Waals surface area contributed by atoms with Gasteiger partial charge in [0.25, 0.3) is 5.91 Å². The van der Waals surface area contributed by atoms with Gasteiger partial charge in [-0.1, -0.05) is 18.6 Å². The molecular weight excluding hydrogens is 528 g/mol. The number of fused-ring (bicyclic) bond motifs is 2. The van der Waals surface area contributed by atoms with Gasteiger partial charge in [0.05, 0.1) is 47.1 Å². The molecule has 2 saturated carbocycles. The highest BCUT2D eigenvalue weighted by Crippen LogP contribution is 2.52. The van der Waals surface area contributed by atoms with E-state index in [1.807, 2.05) is 17.0 Å². The summed E-state index contributed by atoms with van der Waals surface area (Å²) >= 11 is 3.56. The van der Waals surface area contributed by atoms with Crippen molar-refractivity contribution in [3.8, 4) is 5.69 Å². The number of benzene rings is 2. The third-order valence-corrected chi connectivity index (χ3v) is 9.57. The zero-order valence-electron chi connectivity index (χ0n) is 20.5. The standard InChI is InChI=1S/C29H27BrN6O/c30-21-9-8-20(25-26(21)33-16-32-25)28(37)35-13-10-22-24-23(35)14-31-15-29(11-12-29)27(24)34-36(22)19-6-4-18(5-7-19)17-2-1-3-17/h4-9,15-17,23H,1-3,10-14H2,(H,32,33). The second kappa shape index (κ2) is 7.87. The number of H-pyrrole nitrogens is 1. The van der Waals surface area contributed by atoms with Crippen LogP contribution in [0.15, 0.2) is 52.2 Å². The van der Waals surface area contributed by atoms with Crippen LogP contribution in [0.2, 0.25) is 0 Å². The predicted octanol–water partition coefficient (Wildman–Crippen LogP) is 5.63. The molecule has 2 aliphatic carbocycles. The molecule has 4 heterocycles. The molecular formula is C29H27BrN6O. The fourth-order valence-electron chi connectivity index (χ4n) is 6.46. The number of nitrogens with one attached hydrogen (secondary N) is 1. The van der Waals surface area contributed by atoms with Crippen molar-refractivity contribution in [3.63, 3.8) is 0 Å². The van der Waals surface area contributed by atoms with Crippen LogP contribution in [0.1, 0.15) is 76.9 Å². The number of aliphatic imine (C=N–C) groups is 1. The largest absolute Gasteiger partial charge is 0.344 e. The van der Waals surface area contributed by atoms with Gasteiger partial charge in [-0.05, 0) is 77.4 Å². The van der Waals surface area contributed by atoms with Gasteiger partial charge >= 0.3 is 0 Å². The lowest BCUT2D eigenvalue weighted by molar-refractivity contribution is 0.0669. The van der Waals surface area contributed by atoms with Crippen LogP contribution in [-0.4, -0.2) is 49.9 Å². The zero-order valence-corrected chi connectivity index (χ0v) is 22.0. The van der Waals surface area contributed by atoms with Crippen LogP contribution in [0.5, 0.6) is 0 Å². The summed E-state index contributed by atoms with van der Waals surface area (Å²) in [5, 5.41) is 5.25. The van der Waals surface area contributed by atoms with Crippen molar-refractivity contribution in [3.05, 3.63) is 75.3 Å². The van der Waals surface area contributed by atoms with Crippen LogP contribution >= 0.6 is 15.9 Å². The molecule has 1 spiro atoms. The molecule has 37 heavy (non-hydrogen) atoms. The van der Waals surface area contributed by atoms with E-state index in [9.17, 15) is 4.79 Å². The minimum Gasteiger partial charge on any atom is -0.344 e. The number of aromatic nitrogens is 4. The van der Waals surface area contributed by atoms with Gasteiger partial charge in [0.1, 0.15) is 5.52 Å². The van der Waals surface area contributed by atoms with Gasteiger partial charge in [-0.3, -0.25) is 9.79 Å². The highest BCUT2D eigenvalue weighted by Gasteiger charge is 2.51. The van der Waals surface area contributed by atoms with Crippen LogP contribution in [0, 0.1) is 0 Å². The summed E-state index contributed by atoms with van der Waals surface area (Å²) in [6.45, 7) is 1.21. The summed E-state index contributed by atoms with van der Waals surface area (Å²) in [6.07, 6.45) is 10.6. The molecule has 1 unspecified atom stereocenters. The van der Waals surface area contributed by atoms with Crippen molar-refractivity contribution in [2.75, 3.05) is 13.1 Å². The van der Waals surface area contributed by atoms with Gasteiger partial charge in [0, 0.05) is 34.6 Å². The van der Waals surface area contributed by atoms with E-state index in [-0.39, 0.29) is 17.4 Å². The lowest BCUT2D eigenvalue weighted by atomic mass is 9.80. The number of aromatic amines is 1. The second-order valence-corrected chi connectivity index (χ2v) is 11.8. The molecule has 186 valence electrons. The molecule has 8 rings (SSSR count). The van der Waals surface area contributed by atoms with Crippen molar-refractivity contribution in [2.24, 2.45) is 4.99 Å². The molecule has 0 radical (unpaired) electrons. The summed E-state index contributed by atoms with van der Waals surface area (Å²) < 4.78 is 3.04. The topological polar surface area (TPSA) is 79.2 Å². The average molecular weight is 555 g/mol. The summed E-state index contributed by atoms with van der Waals surface area (Å²) in [5.74, 6) is 0.736. The van der Waals surface area contributed by atoms with E-state index in [0.717, 1.165) is 52.1 Å². The van der Waals surface area contributed by atoms with Crippen molar-refractivity contribution in [1.82, 2.24) is 24.6 Å². The number of rotatable bonds is 3. The normalized spacial score (nSPS) is 21.6. The van der Waals surface area contributed by atoms with Crippen molar-refractivity contribution >= 4 is 39.1 Å². The lowest BCUT2D eigenvalue weighted by Crippen LogP contribution is -2.41. The fraction of sp³-hybridized carbons (Fsp3) is 0.379. The Morgan fingerprint density at radius 2 is 1.95 bits per heavy atom. The van der Waals surface area contributed by atoms with E-state index in [2.05, 4.69) is 61.1 Å². The smallest absolute Gasteiger partial charge is 0.256 e. The highest BCUT2D eigenvalue weighted by molar-refractivity contribution is 9.10. The Hall–Kier alpha value is -3.26. The SMILES string of the molecule is O=C(c1ccc(Br)c2nc[nH]c12)N1CCc2c3c(nn2-c2ccc(C4CCC4)cc2)C2(C=NCC31)CC2. The molecule has 2 aromatic carbocycles. The van der Waals surface area contributed by atoms with Crippen molar-refractivity contribution < 1.29 is 4.79 Å². The van der Waals surface area contributed by atoms with Crippen LogP contribution < -0.4 is 0 Å². The zero-order chi connectivity index (χ0) is 24.7. The van der Waals surface area contributed by atoms with E-state index in [4.69, 9.17) is 10.1 Å². The maximum absolute atomic E-state index is 14.0. The third kappa shape index (κ3) is 3.17. The Morgan fingerprint density at radius 1 is 1.11 bits per heavy atom. The average Bonchev–Trinajstić information content (AvgIpc) is 3.35. The van der Waals surface area contributed by atoms with Crippen molar-refractivity contribution in [2.45, 2.75) is 55.9 Å². The maximum atomic E-state index is 14.0. The van der Waals surface area contributed by atoms with Gasteiger partial charge < -0.3 is 9.88 Å². The van der Waals surface area contributed by atoms with Crippen LogP contribution in [0.3, 0.4) is 0 Å². The molecule has 0 bridgehead atoms. The summed E-state index contributed by atoms with van der Waals surface area (Å²) in [6, 6.07) is 12.7. The third-order valence-electron chi connectivity index (χ3n) is 8.93. The van der Waals surface area contributed by atoms with E-state index < -0.39 is 0 Å². The van der Waals surface area contributed by atoms with Crippen LogP contribution in [0.4, 0.5) is 0 Å². The van der Waals surface area contributed by atoms with Crippen molar-refractivity contribution in [1.29, 1.82) is 0 Å². The number of amides is 1. The fourth-order valence-corrected chi connectivity index (χ4v) is 6.89. The van der Waals surface area contributed by atoms with Crippen LogP contribution in [0.25, 0.3) is 16.7 Å². The van der Waals surface area contributed by atoms with E-state index in [0.29, 0.717) is 18.7 Å². The Morgan fingerprint density at radius 3 is 2.70 bits per heavy atom. The first-order valence-corrected chi connectivity index (χ1v) is 14.1. The minimum atomic E-state index is -0.118. The van der Waals surface area contributed by atoms with E-state index in [1.165, 1.54) is 36.1 Å². The number of carbonyl (C=O) groups excluding carboxylic acids is 1. The molecule has 7 nitrogen and oxygen atoms in total. The summed E-state index contributed by atoms with van der Waals surface area (Å²) in [7, 11) is 0. The summed E-state index contributed by atoms with van der Waals surface area (Å²) in [4.78, 5) is 28.5. The predicted molar refractivity (Wildman–Crippen MR) is 146 cm³/mol. The minimum absolute atomic E-state index is 0.0166. The first-order chi connectivity index (χ1) is 18.1. The Balaban J connectivity index is 1.22. The number of hydrogen-bond donors (Lipinski definition) is 1. The Bertz CT molecular complexity index is 1590. The number of imidazole rings is 1. The summed E-state index contributed by atoms with van der Waals surface area (Å²) in [5.41, 5.74) is 8.25. The molecule has 1 atom stereocenters. The molecule has 4 aliphatic rings. The number of carbonyl (C=O) groups is 1. The van der Waals surface area contributed by atoms with Gasteiger partial charge in [0.15, 0.2) is 0 Å². The van der Waals surface area contributed by atoms with Crippen LogP contribution in [-0.2, 0) is 11.8 Å². The highest BCUT2D eigenvalue weighted by atomic mass is 79.9. The van der Waals surface area contributed by atoms with Gasteiger partial charge in [-0.25, -0.2) is 9.67 Å². The lowest BCUT2D eigenvalue weighted by Gasteiger charge is -2.35. The molecule has 8 heteroatoms. The molecule has 2 fully saturated rings. The molecule has 0 saturated heterocycles. The first kappa shape index (κ1) is 21.8. The first-order valence-electron chi connectivity index (χ1n) is 13.3. The number of hydrogen-bond acceptors (Lipinski definition) is 4. The second-order valence-electron chi connectivity index (χ2n) is 11.0. The Kier molecular flexibility index (Phi) is 4.63. The molecule has 4 aromatic rings. The molecule has 2 aliphatic heterocycles. The van der Waals surface area contributed by atoms with E-state index in [1.54, 1.807) is 6.33 Å².